The molecule has 5 heteroatoms. The summed E-state index contributed by atoms with van der Waals surface area (Å²) in [5.74, 6) is 0.574. The van der Waals surface area contributed by atoms with E-state index in [4.69, 9.17) is 4.74 Å². The van der Waals surface area contributed by atoms with Crippen molar-refractivity contribution >= 4 is 33.1 Å². The van der Waals surface area contributed by atoms with Gasteiger partial charge in [-0.05, 0) is 49.2 Å². The van der Waals surface area contributed by atoms with Crippen molar-refractivity contribution in [3.8, 4) is 16.3 Å². The number of nitrogens with one attached hydrogen (secondary N) is 1. The Morgan fingerprint density at radius 2 is 1.75 bits per heavy atom. The molecule has 0 aliphatic heterocycles. The number of nitrogens with zero attached hydrogens (tertiary/aromatic N) is 1. The number of amides is 1. The molecule has 0 saturated heterocycles. The number of fused-ring (bicyclic) bond motifs is 1. The number of hydrogen-bond donors (Lipinski definition) is 1. The molecule has 0 aliphatic carbocycles. The van der Waals surface area contributed by atoms with Gasteiger partial charge in [0.25, 0.3) is 5.91 Å². The highest BCUT2D eigenvalue weighted by molar-refractivity contribution is 7.21. The summed E-state index contributed by atoms with van der Waals surface area (Å²) in [5.41, 5.74) is 4.73. The third-order valence-electron chi connectivity index (χ3n) is 4.44. The van der Waals surface area contributed by atoms with E-state index in [1.165, 1.54) is 0 Å². The lowest BCUT2D eigenvalue weighted by Gasteiger charge is -2.12. The van der Waals surface area contributed by atoms with E-state index < -0.39 is 0 Å². The van der Waals surface area contributed by atoms with Crippen molar-refractivity contribution in [2.45, 2.75) is 13.8 Å². The van der Waals surface area contributed by atoms with E-state index in [2.05, 4.69) is 16.4 Å². The van der Waals surface area contributed by atoms with Crippen molar-refractivity contribution in [1.29, 1.82) is 0 Å². The Morgan fingerprint density at radius 1 is 1.00 bits per heavy atom. The lowest BCUT2D eigenvalue weighted by Crippen LogP contribution is -2.20. The normalized spacial score (nSPS) is 10.8. The number of anilines is 1. The summed E-state index contributed by atoms with van der Waals surface area (Å²) in [5, 5.41) is 3.84. The Morgan fingerprint density at radius 3 is 2.54 bits per heavy atom. The van der Waals surface area contributed by atoms with Crippen LogP contribution in [0.4, 0.5) is 5.69 Å². The molecule has 3 aromatic carbocycles. The number of aromatic nitrogens is 1. The number of rotatable bonds is 5. The fourth-order valence-electron chi connectivity index (χ4n) is 3.09. The molecule has 140 valence electrons. The zero-order chi connectivity index (χ0) is 19.5. The van der Waals surface area contributed by atoms with E-state index >= 15 is 0 Å². The van der Waals surface area contributed by atoms with Crippen LogP contribution in [0.2, 0.25) is 0 Å². The minimum absolute atomic E-state index is 0.0307. The van der Waals surface area contributed by atoms with Gasteiger partial charge in [0.1, 0.15) is 10.8 Å². The zero-order valence-corrected chi connectivity index (χ0v) is 16.5. The first-order chi connectivity index (χ1) is 13.6. The topological polar surface area (TPSA) is 51.2 Å². The van der Waals surface area contributed by atoms with Crippen molar-refractivity contribution in [1.82, 2.24) is 4.98 Å². The van der Waals surface area contributed by atoms with Gasteiger partial charge in [-0.2, -0.15) is 0 Å². The van der Waals surface area contributed by atoms with Gasteiger partial charge in [-0.1, -0.05) is 42.5 Å². The number of carbonyl (C=O) groups excluding carboxylic acids is 1. The van der Waals surface area contributed by atoms with Gasteiger partial charge in [0.2, 0.25) is 0 Å². The van der Waals surface area contributed by atoms with Crippen molar-refractivity contribution < 1.29 is 9.53 Å². The summed E-state index contributed by atoms with van der Waals surface area (Å²) in [6.45, 7) is 3.92. The molecule has 1 aromatic heterocycles. The van der Waals surface area contributed by atoms with E-state index in [0.717, 1.165) is 43.4 Å². The summed E-state index contributed by atoms with van der Waals surface area (Å²) in [7, 11) is 0. The van der Waals surface area contributed by atoms with E-state index in [1.54, 1.807) is 11.3 Å². The third kappa shape index (κ3) is 3.89. The van der Waals surface area contributed by atoms with Crippen LogP contribution >= 0.6 is 11.3 Å². The molecule has 4 nitrogen and oxygen atoms in total. The highest BCUT2D eigenvalue weighted by Crippen LogP contribution is 2.31. The summed E-state index contributed by atoms with van der Waals surface area (Å²) >= 11 is 1.64. The fourth-order valence-corrected chi connectivity index (χ4v) is 4.05. The zero-order valence-electron chi connectivity index (χ0n) is 15.7. The maximum atomic E-state index is 12.3. The molecule has 1 N–H and O–H groups in total. The molecule has 0 fully saturated rings. The van der Waals surface area contributed by atoms with Crippen LogP contribution in [0.5, 0.6) is 5.75 Å². The largest absolute Gasteiger partial charge is 0.483 e. The Hall–Kier alpha value is -3.18. The Labute approximate surface area is 167 Å². The molecule has 0 atom stereocenters. The molecule has 0 radical (unpaired) electrons. The lowest BCUT2D eigenvalue weighted by atomic mass is 10.1. The van der Waals surface area contributed by atoms with E-state index in [-0.39, 0.29) is 12.5 Å². The molecule has 1 amide bonds. The van der Waals surface area contributed by atoms with Gasteiger partial charge >= 0.3 is 0 Å². The Kier molecular flexibility index (Phi) is 5.08. The maximum absolute atomic E-state index is 12.3. The molecule has 0 saturated carbocycles. The molecule has 1 heterocycles. The minimum atomic E-state index is -0.191. The smallest absolute Gasteiger partial charge is 0.262 e. The number of hydrogen-bond acceptors (Lipinski definition) is 4. The van der Waals surface area contributed by atoms with E-state index in [0.29, 0.717) is 0 Å². The molecule has 4 aromatic rings. The molecule has 28 heavy (non-hydrogen) atoms. The maximum Gasteiger partial charge on any atom is 0.262 e. The van der Waals surface area contributed by atoms with Crippen LogP contribution in [0.25, 0.3) is 20.8 Å². The molecule has 0 aliphatic rings. The second kappa shape index (κ2) is 7.82. The van der Waals surface area contributed by atoms with Crippen molar-refractivity contribution in [2.75, 3.05) is 11.9 Å². The summed E-state index contributed by atoms with van der Waals surface area (Å²) in [4.78, 5) is 17.0. The molecular weight excluding hydrogens is 368 g/mol. The SMILES string of the molecule is Cc1cccc(C)c1OCC(=O)Nc1cccc(-c2nc3ccccc3s2)c1. The summed E-state index contributed by atoms with van der Waals surface area (Å²) < 4.78 is 6.88. The number of ether oxygens (including phenoxy) is 1. The summed E-state index contributed by atoms with van der Waals surface area (Å²) in [6.07, 6.45) is 0. The van der Waals surface area contributed by atoms with Crippen molar-refractivity contribution in [3.63, 3.8) is 0 Å². The standard InChI is InChI=1S/C23H20N2O2S/c1-15-7-5-8-16(2)22(15)27-14-21(26)24-18-10-6-9-17(13-18)23-25-19-11-3-4-12-20(19)28-23/h3-13H,14H2,1-2H3,(H,24,26). The summed E-state index contributed by atoms with van der Waals surface area (Å²) in [6, 6.07) is 21.7. The van der Waals surface area contributed by atoms with Crippen molar-refractivity contribution in [2.24, 2.45) is 0 Å². The first kappa shape index (κ1) is 18.2. The number of aryl methyl sites for hydroxylation is 2. The third-order valence-corrected chi connectivity index (χ3v) is 5.53. The highest BCUT2D eigenvalue weighted by Gasteiger charge is 2.10. The second-order valence-corrected chi connectivity index (χ2v) is 7.66. The first-order valence-electron chi connectivity index (χ1n) is 9.05. The average Bonchev–Trinajstić information content (AvgIpc) is 3.12. The van der Waals surface area contributed by atoms with Crippen molar-refractivity contribution in [3.05, 3.63) is 77.9 Å². The molecule has 4 rings (SSSR count). The quantitative estimate of drug-likeness (QED) is 0.484. The van der Waals surface area contributed by atoms with Crippen LogP contribution < -0.4 is 10.1 Å². The fraction of sp³-hybridized carbons (Fsp3) is 0.130. The number of para-hydroxylation sites is 2. The van der Waals surface area contributed by atoms with Gasteiger partial charge in [0.05, 0.1) is 10.2 Å². The highest BCUT2D eigenvalue weighted by atomic mass is 32.1. The van der Waals surface area contributed by atoms with E-state index in [9.17, 15) is 4.79 Å². The average molecular weight is 388 g/mol. The number of thiazole rings is 1. The van der Waals surface area contributed by atoms with Gasteiger partial charge < -0.3 is 10.1 Å². The molecular formula is C23H20N2O2S. The van der Waals surface area contributed by atoms with Gasteiger partial charge in [0.15, 0.2) is 6.61 Å². The van der Waals surface area contributed by atoms with Crippen LogP contribution in [0.1, 0.15) is 11.1 Å². The Bertz CT molecular complexity index is 1100. The van der Waals surface area contributed by atoms with E-state index in [1.807, 2.05) is 74.5 Å². The lowest BCUT2D eigenvalue weighted by molar-refractivity contribution is -0.118. The monoisotopic (exact) mass is 388 g/mol. The number of carbonyl (C=O) groups is 1. The predicted molar refractivity (Wildman–Crippen MR) is 115 cm³/mol. The van der Waals surface area contributed by atoms with Gasteiger partial charge in [-0.15, -0.1) is 11.3 Å². The van der Waals surface area contributed by atoms with Crippen LogP contribution in [0.15, 0.2) is 66.7 Å². The first-order valence-corrected chi connectivity index (χ1v) is 9.87. The van der Waals surface area contributed by atoms with Crippen LogP contribution in [-0.4, -0.2) is 17.5 Å². The van der Waals surface area contributed by atoms with Gasteiger partial charge in [-0.25, -0.2) is 4.98 Å². The predicted octanol–water partition coefficient (Wildman–Crippen LogP) is 5.60. The van der Waals surface area contributed by atoms with Gasteiger partial charge in [0, 0.05) is 11.3 Å². The number of benzene rings is 3. The molecule has 0 bridgehead atoms. The second-order valence-electron chi connectivity index (χ2n) is 6.63. The molecule has 0 spiro atoms. The molecule has 0 unspecified atom stereocenters. The van der Waals surface area contributed by atoms with Crippen LogP contribution in [0.3, 0.4) is 0 Å². The van der Waals surface area contributed by atoms with Crippen LogP contribution in [-0.2, 0) is 4.79 Å². The Balaban J connectivity index is 1.46. The minimum Gasteiger partial charge on any atom is -0.483 e. The van der Waals surface area contributed by atoms with Crippen LogP contribution in [0, 0.1) is 13.8 Å². The van der Waals surface area contributed by atoms with Gasteiger partial charge in [-0.3, -0.25) is 4.79 Å².